The fourth-order valence-electron chi connectivity index (χ4n) is 2.98. The number of ether oxygens (including phenoxy) is 1. The largest absolute Gasteiger partial charge is 0.445 e. The van der Waals surface area contributed by atoms with Gasteiger partial charge in [-0.15, -0.1) is 0 Å². The van der Waals surface area contributed by atoms with Crippen LogP contribution in [0.1, 0.15) is 36.2 Å². The molecule has 0 aromatic heterocycles. The van der Waals surface area contributed by atoms with Gasteiger partial charge in [0.05, 0.1) is 5.41 Å². The fourth-order valence-corrected chi connectivity index (χ4v) is 2.98. The van der Waals surface area contributed by atoms with Crippen LogP contribution in [-0.2, 0) is 15.1 Å². The third-order valence-corrected chi connectivity index (χ3v) is 4.15. The van der Waals surface area contributed by atoms with Crippen LogP contribution in [0, 0.1) is 5.41 Å². The van der Waals surface area contributed by atoms with E-state index in [1.54, 1.807) is 12.1 Å². The Bertz CT molecular complexity index is 704. The molecule has 112 valence electrons. The summed E-state index contributed by atoms with van der Waals surface area (Å²) >= 11 is 0. The van der Waals surface area contributed by atoms with Gasteiger partial charge in [0.25, 0.3) is 0 Å². The molecule has 1 aliphatic rings. The number of ketones is 1. The molecule has 3 rings (SSSR count). The molecule has 1 fully saturated rings. The maximum atomic E-state index is 13.1. The number of rotatable bonds is 3. The summed E-state index contributed by atoms with van der Waals surface area (Å²) in [7, 11) is 0. The highest BCUT2D eigenvalue weighted by atomic mass is 16.6. The SMILES string of the molecule is CC1(C)CC(C(=O)c2ccccc2)(c2ccccc2)OC1=O. The van der Waals surface area contributed by atoms with Gasteiger partial charge in [0.2, 0.25) is 11.4 Å². The molecule has 2 aromatic carbocycles. The van der Waals surface area contributed by atoms with E-state index < -0.39 is 11.0 Å². The molecule has 1 unspecified atom stereocenters. The first kappa shape index (κ1) is 14.5. The molecule has 0 amide bonds. The highest BCUT2D eigenvalue weighted by Gasteiger charge is 2.57. The van der Waals surface area contributed by atoms with Crippen molar-refractivity contribution in [1.29, 1.82) is 0 Å². The van der Waals surface area contributed by atoms with Crippen LogP contribution in [0.25, 0.3) is 0 Å². The molecule has 0 radical (unpaired) electrons. The van der Waals surface area contributed by atoms with E-state index in [2.05, 4.69) is 0 Å². The normalized spacial score (nSPS) is 23.1. The molecule has 1 saturated heterocycles. The summed E-state index contributed by atoms with van der Waals surface area (Å²) in [6.07, 6.45) is 0.344. The summed E-state index contributed by atoms with van der Waals surface area (Å²) in [5.74, 6) is -0.501. The van der Waals surface area contributed by atoms with Crippen LogP contribution in [0.3, 0.4) is 0 Å². The Morgan fingerprint density at radius 2 is 1.50 bits per heavy atom. The monoisotopic (exact) mass is 294 g/mol. The number of hydrogen-bond donors (Lipinski definition) is 0. The first-order valence-electron chi connectivity index (χ1n) is 7.34. The first-order chi connectivity index (χ1) is 10.5. The summed E-state index contributed by atoms with van der Waals surface area (Å²) < 4.78 is 5.68. The average Bonchev–Trinajstić information content (AvgIpc) is 2.79. The van der Waals surface area contributed by atoms with Gasteiger partial charge >= 0.3 is 5.97 Å². The minimum Gasteiger partial charge on any atom is -0.445 e. The van der Waals surface area contributed by atoms with E-state index in [0.717, 1.165) is 5.56 Å². The lowest BCUT2D eigenvalue weighted by molar-refractivity contribution is -0.151. The number of cyclic esters (lactones) is 1. The second-order valence-corrected chi connectivity index (χ2v) is 6.34. The van der Waals surface area contributed by atoms with Crippen molar-refractivity contribution in [3.63, 3.8) is 0 Å². The van der Waals surface area contributed by atoms with Gasteiger partial charge < -0.3 is 4.74 Å². The van der Waals surface area contributed by atoms with Crippen LogP contribution in [0.5, 0.6) is 0 Å². The zero-order valence-electron chi connectivity index (χ0n) is 12.7. The van der Waals surface area contributed by atoms with Crippen molar-refractivity contribution in [3.8, 4) is 0 Å². The molecule has 1 atom stereocenters. The Morgan fingerprint density at radius 3 is 2.00 bits per heavy atom. The van der Waals surface area contributed by atoms with Gasteiger partial charge in [-0.2, -0.15) is 0 Å². The highest BCUT2D eigenvalue weighted by molar-refractivity contribution is 6.05. The third kappa shape index (κ3) is 2.23. The van der Waals surface area contributed by atoms with Gasteiger partial charge in [0, 0.05) is 17.5 Å². The van der Waals surface area contributed by atoms with Gasteiger partial charge in [-0.25, -0.2) is 0 Å². The molecule has 2 aromatic rings. The van der Waals surface area contributed by atoms with Crippen molar-refractivity contribution in [3.05, 3.63) is 71.8 Å². The van der Waals surface area contributed by atoms with Crippen molar-refractivity contribution < 1.29 is 14.3 Å². The quantitative estimate of drug-likeness (QED) is 0.640. The van der Waals surface area contributed by atoms with E-state index >= 15 is 0 Å². The molecule has 0 spiro atoms. The Morgan fingerprint density at radius 1 is 0.955 bits per heavy atom. The summed E-state index contributed by atoms with van der Waals surface area (Å²) in [6, 6.07) is 18.3. The lowest BCUT2D eigenvalue weighted by Gasteiger charge is -2.27. The zero-order chi connectivity index (χ0) is 15.8. The summed E-state index contributed by atoms with van der Waals surface area (Å²) in [4.78, 5) is 25.4. The maximum Gasteiger partial charge on any atom is 0.313 e. The predicted octanol–water partition coefficient (Wildman–Crippen LogP) is 3.74. The Balaban J connectivity index is 2.14. The van der Waals surface area contributed by atoms with Crippen LogP contribution in [0.4, 0.5) is 0 Å². The lowest BCUT2D eigenvalue weighted by Crippen LogP contribution is -2.36. The standard InChI is InChI=1S/C19H18O3/c1-18(2)13-19(22-17(18)21,15-11-7-4-8-12-15)16(20)14-9-5-3-6-10-14/h3-12H,13H2,1-2H3. The number of benzene rings is 2. The van der Waals surface area contributed by atoms with Gasteiger partial charge in [-0.3, -0.25) is 9.59 Å². The van der Waals surface area contributed by atoms with Crippen molar-refractivity contribution in [1.82, 2.24) is 0 Å². The molecule has 1 aliphatic heterocycles. The van der Waals surface area contributed by atoms with Crippen LogP contribution in [-0.4, -0.2) is 11.8 Å². The zero-order valence-corrected chi connectivity index (χ0v) is 12.7. The second kappa shape index (κ2) is 5.09. The van der Waals surface area contributed by atoms with Gasteiger partial charge in [0.1, 0.15) is 0 Å². The maximum absolute atomic E-state index is 13.1. The molecule has 0 bridgehead atoms. The number of carbonyl (C=O) groups is 2. The summed E-state index contributed by atoms with van der Waals surface area (Å²) in [6.45, 7) is 3.64. The topological polar surface area (TPSA) is 43.4 Å². The van der Waals surface area contributed by atoms with Crippen molar-refractivity contribution in [2.75, 3.05) is 0 Å². The van der Waals surface area contributed by atoms with Crippen LogP contribution < -0.4 is 0 Å². The predicted molar refractivity (Wildman–Crippen MR) is 83.4 cm³/mol. The van der Waals surface area contributed by atoms with Crippen molar-refractivity contribution >= 4 is 11.8 Å². The second-order valence-electron chi connectivity index (χ2n) is 6.34. The molecule has 0 saturated carbocycles. The Hall–Kier alpha value is -2.42. The lowest BCUT2D eigenvalue weighted by atomic mass is 9.76. The smallest absolute Gasteiger partial charge is 0.313 e. The van der Waals surface area contributed by atoms with Crippen LogP contribution in [0.15, 0.2) is 60.7 Å². The van der Waals surface area contributed by atoms with E-state index in [0.29, 0.717) is 12.0 Å². The minimum absolute atomic E-state index is 0.168. The van der Waals surface area contributed by atoms with Gasteiger partial charge in [-0.05, 0) is 13.8 Å². The summed E-state index contributed by atoms with van der Waals surface area (Å²) in [5.41, 5.74) is -0.636. The molecule has 0 N–H and O–H groups in total. The first-order valence-corrected chi connectivity index (χ1v) is 7.34. The number of Topliss-reactive ketones (excluding diaryl/α,β-unsaturated/α-hetero) is 1. The van der Waals surface area contributed by atoms with Crippen LogP contribution in [0.2, 0.25) is 0 Å². The number of esters is 1. The molecule has 3 heteroatoms. The summed E-state index contributed by atoms with van der Waals surface area (Å²) in [5, 5.41) is 0. The molecule has 1 heterocycles. The molecule has 22 heavy (non-hydrogen) atoms. The average molecular weight is 294 g/mol. The molecule has 3 nitrogen and oxygen atoms in total. The fraction of sp³-hybridized carbons (Fsp3) is 0.263. The van der Waals surface area contributed by atoms with Crippen LogP contribution >= 0.6 is 0 Å². The molecular formula is C19H18O3. The van der Waals surface area contributed by atoms with Gasteiger partial charge in [0.15, 0.2) is 0 Å². The van der Waals surface area contributed by atoms with E-state index in [-0.39, 0.29) is 11.8 Å². The number of hydrogen-bond acceptors (Lipinski definition) is 3. The van der Waals surface area contributed by atoms with Gasteiger partial charge in [-0.1, -0.05) is 60.7 Å². The van der Waals surface area contributed by atoms with E-state index in [4.69, 9.17) is 4.74 Å². The number of carbonyl (C=O) groups excluding carboxylic acids is 2. The molecular weight excluding hydrogens is 276 g/mol. The third-order valence-electron chi connectivity index (χ3n) is 4.15. The van der Waals surface area contributed by atoms with E-state index in [9.17, 15) is 9.59 Å². The van der Waals surface area contributed by atoms with E-state index in [1.165, 1.54) is 0 Å². The molecule has 0 aliphatic carbocycles. The van der Waals surface area contributed by atoms with Crippen molar-refractivity contribution in [2.24, 2.45) is 5.41 Å². The highest BCUT2D eigenvalue weighted by Crippen LogP contribution is 2.48. The minimum atomic E-state index is -1.23. The Labute approximate surface area is 129 Å². The Kier molecular flexibility index (Phi) is 3.36. The van der Waals surface area contributed by atoms with Crippen molar-refractivity contribution in [2.45, 2.75) is 25.9 Å². The van der Waals surface area contributed by atoms with E-state index in [1.807, 2.05) is 62.4 Å².